The first-order valence-electron chi connectivity index (χ1n) is 6.24. The highest BCUT2D eigenvalue weighted by atomic mass is 16.3. The van der Waals surface area contributed by atoms with Crippen LogP contribution in [-0.2, 0) is 0 Å². The lowest BCUT2D eigenvalue weighted by Crippen LogP contribution is -2.49. The SMILES string of the molecule is CN(C(=O)c1cnc2ccccn2c1=O)C(C)(C)CO. The molecule has 0 radical (unpaired) electrons. The van der Waals surface area contributed by atoms with E-state index < -0.39 is 17.0 Å². The fourth-order valence-corrected chi connectivity index (χ4v) is 1.74. The molecule has 2 aromatic rings. The summed E-state index contributed by atoms with van der Waals surface area (Å²) in [5.41, 5.74) is -0.697. The van der Waals surface area contributed by atoms with Crippen molar-refractivity contribution in [3.8, 4) is 0 Å². The summed E-state index contributed by atoms with van der Waals surface area (Å²) in [7, 11) is 1.55. The number of pyridine rings is 1. The summed E-state index contributed by atoms with van der Waals surface area (Å²) in [4.78, 5) is 30.1. The van der Waals surface area contributed by atoms with Gasteiger partial charge < -0.3 is 10.0 Å². The van der Waals surface area contributed by atoms with Gasteiger partial charge in [-0.15, -0.1) is 0 Å². The van der Waals surface area contributed by atoms with Crippen LogP contribution in [0.2, 0.25) is 0 Å². The van der Waals surface area contributed by atoms with Gasteiger partial charge in [0, 0.05) is 19.4 Å². The van der Waals surface area contributed by atoms with Crippen molar-refractivity contribution in [1.29, 1.82) is 0 Å². The summed E-state index contributed by atoms with van der Waals surface area (Å²) in [6.45, 7) is 3.24. The molecule has 6 nitrogen and oxygen atoms in total. The zero-order valence-electron chi connectivity index (χ0n) is 11.7. The van der Waals surface area contributed by atoms with E-state index in [-0.39, 0.29) is 12.2 Å². The quantitative estimate of drug-likeness (QED) is 0.887. The van der Waals surface area contributed by atoms with Crippen molar-refractivity contribution < 1.29 is 9.90 Å². The Balaban J connectivity index is 2.51. The van der Waals surface area contributed by atoms with Crippen LogP contribution < -0.4 is 5.56 Å². The number of amides is 1. The summed E-state index contributed by atoms with van der Waals surface area (Å²) in [5, 5.41) is 9.31. The van der Waals surface area contributed by atoms with Gasteiger partial charge in [-0.05, 0) is 26.0 Å². The molecule has 1 amide bonds. The van der Waals surface area contributed by atoms with E-state index >= 15 is 0 Å². The van der Waals surface area contributed by atoms with Gasteiger partial charge in [-0.2, -0.15) is 0 Å². The Labute approximate surface area is 116 Å². The van der Waals surface area contributed by atoms with Crippen LogP contribution in [0.25, 0.3) is 5.65 Å². The molecule has 0 fully saturated rings. The lowest BCUT2D eigenvalue weighted by Gasteiger charge is -2.33. The first-order chi connectivity index (χ1) is 9.38. The Morgan fingerprint density at radius 3 is 2.80 bits per heavy atom. The number of fused-ring (bicyclic) bond motifs is 1. The zero-order chi connectivity index (χ0) is 14.9. The standard InChI is InChI=1S/C14H17N3O3/c1-14(2,9-18)16(3)12(19)10-8-15-11-6-4-5-7-17(11)13(10)20/h4-8,18H,9H2,1-3H3. The largest absolute Gasteiger partial charge is 0.394 e. The Morgan fingerprint density at radius 2 is 2.15 bits per heavy atom. The Morgan fingerprint density at radius 1 is 1.45 bits per heavy atom. The van der Waals surface area contributed by atoms with E-state index in [1.807, 2.05) is 0 Å². The molecular formula is C14H17N3O3. The van der Waals surface area contributed by atoms with Crippen LogP contribution in [0.5, 0.6) is 0 Å². The average molecular weight is 275 g/mol. The number of hydrogen-bond donors (Lipinski definition) is 1. The average Bonchev–Trinajstić information content (AvgIpc) is 2.46. The van der Waals surface area contributed by atoms with Crippen molar-refractivity contribution >= 4 is 11.6 Å². The van der Waals surface area contributed by atoms with Crippen LogP contribution in [0.15, 0.2) is 35.4 Å². The number of carbonyl (C=O) groups excluding carboxylic acids is 1. The minimum Gasteiger partial charge on any atom is -0.394 e. The second kappa shape index (κ2) is 5.05. The minimum absolute atomic E-state index is 0.0160. The topological polar surface area (TPSA) is 74.9 Å². The molecular weight excluding hydrogens is 258 g/mol. The molecule has 2 aromatic heterocycles. The molecule has 20 heavy (non-hydrogen) atoms. The summed E-state index contributed by atoms with van der Waals surface area (Å²) in [5.74, 6) is -0.459. The maximum absolute atomic E-state index is 12.4. The van der Waals surface area contributed by atoms with Crippen molar-refractivity contribution in [3.63, 3.8) is 0 Å². The van der Waals surface area contributed by atoms with Crippen molar-refractivity contribution in [2.75, 3.05) is 13.7 Å². The molecule has 106 valence electrons. The molecule has 6 heteroatoms. The highest BCUT2D eigenvalue weighted by Crippen LogP contribution is 2.13. The van der Waals surface area contributed by atoms with Crippen LogP contribution in [0, 0.1) is 0 Å². The van der Waals surface area contributed by atoms with Gasteiger partial charge in [0.1, 0.15) is 11.2 Å². The van der Waals surface area contributed by atoms with Crippen LogP contribution in [0.4, 0.5) is 0 Å². The number of aromatic nitrogens is 2. The Kier molecular flexibility index (Phi) is 3.59. The lowest BCUT2D eigenvalue weighted by molar-refractivity contribution is 0.0471. The van der Waals surface area contributed by atoms with Gasteiger partial charge >= 0.3 is 0 Å². The van der Waals surface area contributed by atoms with Crippen LogP contribution in [0.3, 0.4) is 0 Å². The number of aliphatic hydroxyl groups excluding tert-OH is 1. The molecule has 0 aromatic carbocycles. The number of aliphatic hydroxyl groups is 1. The molecule has 0 saturated carbocycles. The molecule has 0 aliphatic heterocycles. The maximum Gasteiger partial charge on any atom is 0.270 e. The van der Waals surface area contributed by atoms with Crippen LogP contribution >= 0.6 is 0 Å². The summed E-state index contributed by atoms with van der Waals surface area (Å²) in [6.07, 6.45) is 2.85. The van der Waals surface area contributed by atoms with E-state index in [2.05, 4.69) is 4.98 Å². The predicted molar refractivity (Wildman–Crippen MR) is 74.7 cm³/mol. The third-order valence-corrected chi connectivity index (χ3v) is 3.44. The first-order valence-corrected chi connectivity index (χ1v) is 6.24. The lowest BCUT2D eigenvalue weighted by atomic mass is 10.0. The van der Waals surface area contributed by atoms with Gasteiger partial charge in [-0.3, -0.25) is 14.0 Å². The smallest absolute Gasteiger partial charge is 0.270 e. The second-order valence-corrected chi connectivity index (χ2v) is 5.24. The Hall–Kier alpha value is -2.21. The molecule has 2 rings (SSSR count). The molecule has 0 aliphatic rings. The molecule has 0 atom stereocenters. The molecule has 2 heterocycles. The number of likely N-dealkylation sites (N-methyl/N-ethyl adjacent to an activating group) is 1. The second-order valence-electron chi connectivity index (χ2n) is 5.24. The third kappa shape index (κ3) is 2.30. The van der Waals surface area contributed by atoms with Crippen molar-refractivity contribution in [3.05, 3.63) is 46.5 Å². The fourth-order valence-electron chi connectivity index (χ4n) is 1.74. The zero-order valence-corrected chi connectivity index (χ0v) is 11.7. The fraction of sp³-hybridized carbons (Fsp3) is 0.357. The van der Waals surface area contributed by atoms with Crippen molar-refractivity contribution in [2.45, 2.75) is 19.4 Å². The van der Waals surface area contributed by atoms with Crippen LogP contribution in [-0.4, -0.2) is 44.5 Å². The highest BCUT2D eigenvalue weighted by Gasteiger charge is 2.29. The molecule has 0 bridgehead atoms. The van der Waals surface area contributed by atoms with E-state index in [1.165, 1.54) is 15.5 Å². The molecule has 0 aliphatic carbocycles. The van der Waals surface area contributed by atoms with Crippen molar-refractivity contribution in [2.24, 2.45) is 0 Å². The van der Waals surface area contributed by atoms with Crippen molar-refractivity contribution in [1.82, 2.24) is 14.3 Å². The van der Waals surface area contributed by atoms with E-state index in [1.54, 1.807) is 45.3 Å². The molecule has 0 unspecified atom stereocenters. The predicted octanol–water partition coefficient (Wildman–Crippen LogP) is 0.537. The Bertz CT molecular complexity index is 706. The van der Waals surface area contributed by atoms with E-state index in [9.17, 15) is 14.7 Å². The third-order valence-electron chi connectivity index (χ3n) is 3.44. The minimum atomic E-state index is -0.750. The number of nitrogens with zero attached hydrogens (tertiary/aromatic N) is 3. The summed E-state index contributed by atoms with van der Waals surface area (Å²) >= 11 is 0. The summed E-state index contributed by atoms with van der Waals surface area (Å²) < 4.78 is 1.33. The van der Waals surface area contributed by atoms with Gasteiger partial charge in [0.05, 0.1) is 12.1 Å². The van der Waals surface area contributed by atoms with Gasteiger partial charge in [0.2, 0.25) is 0 Å². The maximum atomic E-state index is 12.4. The first kappa shape index (κ1) is 14.2. The van der Waals surface area contributed by atoms with Gasteiger partial charge in [0.15, 0.2) is 0 Å². The molecule has 0 saturated heterocycles. The van der Waals surface area contributed by atoms with Gasteiger partial charge in [0.25, 0.3) is 11.5 Å². The normalized spacial score (nSPS) is 11.6. The van der Waals surface area contributed by atoms with E-state index in [0.29, 0.717) is 5.65 Å². The number of rotatable bonds is 3. The van der Waals surface area contributed by atoms with Crippen LogP contribution in [0.1, 0.15) is 24.2 Å². The monoisotopic (exact) mass is 275 g/mol. The summed E-state index contributed by atoms with van der Waals surface area (Å²) in [6, 6.07) is 5.16. The van der Waals surface area contributed by atoms with E-state index in [0.717, 1.165) is 0 Å². The number of hydrogen-bond acceptors (Lipinski definition) is 4. The van der Waals surface area contributed by atoms with Gasteiger partial charge in [-0.25, -0.2) is 4.98 Å². The van der Waals surface area contributed by atoms with Gasteiger partial charge in [-0.1, -0.05) is 6.07 Å². The molecule has 0 spiro atoms. The number of carbonyl (C=O) groups is 1. The van der Waals surface area contributed by atoms with E-state index in [4.69, 9.17) is 0 Å². The molecule has 1 N–H and O–H groups in total. The highest BCUT2D eigenvalue weighted by molar-refractivity contribution is 5.94.